The van der Waals surface area contributed by atoms with E-state index in [-0.39, 0.29) is 42.8 Å². The SMILES string of the molecule is CCOc1nc(C)ccc1C(=O)N1CCn2c(nnc2C(F)(F)F)C1. The molecule has 0 aromatic carbocycles. The van der Waals surface area contributed by atoms with E-state index >= 15 is 0 Å². The van der Waals surface area contributed by atoms with Crippen LogP contribution in [0.25, 0.3) is 0 Å². The fourth-order valence-electron chi connectivity index (χ4n) is 2.65. The van der Waals surface area contributed by atoms with Crippen molar-refractivity contribution in [3.05, 3.63) is 35.0 Å². The van der Waals surface area contributed by atoms with Crippen LogP contribution in [0, 0.1) is 6.92 Å². The molecule has 1 aliphatic heterocycles. The van der Waals surface area contributed by atoms with Gasteiger partial charge >= 0.3 is 6.18 Å². The van der Waals surface area contributed by atoms with E-state index in [0.717, 1.165) is 4.57 Å². The van der Waals surface area contributed by atoms with Gasteiger partial charge in [0.05, 0.1) is 13.2 Å². The number of aromatic nitrogens is 4. The minimum Gasteiger partial charge on any atom is -0.477 e. The molecular weight excluding hydrogens is 339 g/mol. The van der Waals surface area contributed by atoms with Gasteiger partial charge in [-0.05, 0) is 26.0 Å². The Morgan fingerprint density at radius 1 is 1.28 bits per heavy atom. The molecule has 0 atom stereocenters. The Morgan fingerprint density at radius 2 is 2.04 bits per heavy atom. The molecule has 3 rings (SSSR count). The molecule has 0 spiro atoms. The number of rotatable bonds is 3. The van der Waals surface area contributed by atoms with E-state index < -0.39 is 12.0 Å². The van der Waals surface area contributed by atoms with Crippen LogP contribution in [-0.2, 0) is 19.3 Å². The second kappa shape index (κ2) is 6.34. The van der Waals surface area contributed by atoms with Crippen molar-refractivity contribution in [1.82, 2.24) is 24.6 Å². The highest BCUT2D eigenvalue weighted by atomic mass is 19.4. The molecule has 0 N–H and O–H groups in total. The molecule has 134 valence electrons. The minimum absolute atomic E-state index is 0.0217. The standard InChI is InChI=1S/C15H16F3N5O2/c1-3-25-12-10(5-4-9(2)19-12)13(24)22-6-7-23-11(8-22)20-21-14(23)15(16,17)18/h4-5H,3,6-8H2,1-2H3. The first-order valence-electron chi connectivity index (χ1n) is 7.70. The molecule has 0 unspecified atom stereocenters. The lowest BCUT2D eigenvalue weighted by molar-refractivity contribution is -0.147. The van der Waals surface area contributed by atoms with Gasteiger partial charge in [-0.15, -0.1) is 10.2 Å². The van der Waals surface area contributed by atoms with Gasteiger partial charge in [-0.25, -0.2) is 4.98 Å². The number of alkyl halides is 3. The number of hydrogen-bond donors (Lipinski definition) is 0. The highest BCUT2D eigenvalue weighted by Crippen LogP contribution is 2.30. The van der Waals surface area contributed by atoms with Crippen molar-refractivity contribution in [2.75, 3.05) is 13.2 Å². The van der Waals surface area contributed by atoms with Crippen molar-refractivity contribution in [1.29, 1.82) is 0 Å². The van der Waals surface area contributed by atoms with Crippen LogP contribution in [-0.4, -0.2) is 43.7 Å². The number of halogens is 3. The van der Waals surface area contributed by atoms with Gasteiger partial charge in [0.15, 0.2) is 5.82 Å². The normalized spacial score (nSPS) is 14.4. The number of carbonyl (C=O) groups excluding carboxylic acids is 1. The van der Waals surface area contributed by atoms with Crippen LogP contribution in [0.2, 0.25) is 0 Å². The van der Waals surface area contributed by atoms with Crippen molar-refractivity contribution < 1.29 is 22.7 Å². The highest BCUT2D eigenvalue weighted by Gasteiger charge is 2.40. The number of nitrogens with zero attached hydrogens (tertiary/aromatic N) is 5. The summed E-state index contributed by atoms with van der Waals surface area (Å²) >= 11 is 0. The van der Waals surface area contributed by atoms with Crippen LogP contribution < -0.4 is 4.74 Å². The van der Waals surface area contributed by atoms with Gasteiger partial charge in [0.25, 0.3) is 5.91 Å². The molecule has 0 bridgehead atoms. The Balaban J connectivity index is 1.85. The summed E-state index contributed by atoms with van der Waals surface area (Å²) in [5.74, 6) is -1.08. The first-order valence-corrected chi connectivity index (χ1v) is 7.70. The molecule has 3 heterocycles. The van der Waals surface area contributed by atoms with E-state index in [4.69, 9.17) is 4.74 Å². The Morgan fingerprint density at radius 3 is 2.72 bits per heavy atom. The van der Waals surface area contributed by atoms with E-state index in [1.165, 1.54) is 4.90 Å². The maximum atomic E-state index is 12.9. The summed E-state index contributed by atoms with van der Waals surface area (Å²) in [5.41, 5.74) is 0.977. The van der Waals surface area contributed by atoms with Gasteiger partial charge in [-0.3, -0.25) is 4.79 Å². The molecule has 25 heavy (non-hydrogen) atoms. The Hall–Kier alpha value is -2.65. The Bertz CT molecular complexity index is 803. The second-order valence-corrected chi connectivity index (χ2v) is 5.55. The zero-order valence-electron chi connectivity index (χ0n) is 13.7. The summed E-state index contributed by atoms with van der Waals surface area (Å²) in [7, 11) is 0. The van der Waals surface area contributed by atoms with E-state index in [9.17, 15) is 18.0 Å². The van der Waals surface area contributed by atoms with Crippen LogP contribution in [0.4, 0.5) is 13.2 Å². The number of amides is 1. The topological polar surface area (TPSA) is 73.1 Å². The van der Waals surface area contributed by atoms with E-state index in [0.29, 0.717) is 12.3 Å². The maximum Gasteiger partial charge on any atom is 0.451 e. The third-order valence-corrected chi connectivity index (χ3v) is 3.80. The molecule has 1 aliphatic rings. The molecule has 0 saturated heterocycles. The van der Waals surface area contributed by atoms with Crippen molar-refractivity contribution in [2.45, 2.75) is 33.1 Å². The summed E-state index contributed by atoms with van der Waals surface area (Å²) in [4.78, 5) is 18.4. The third kappa shape index (κ3) is 3.28. The van der Waals surface area contributed by atoms with Crippen LogP contribution in [0.15, 0.2) is 12.1 Å². The lowest BCUT2D eigenvalue weighted by Crippen LogP contribution is -2.39. The maximum absolute atomic E-state index is 12.9. The van der Waals surface area contributed by atoms with Crippen molar-refractivity contribution in [2.24, 2.45) is 0 Å². The summed E-state index contributed by atoms with van der Waals surface area (Å²) in [5, 5.41) is 6.78. The highest BCUT2D eigenvalue weighted by molar-refractivity contribution is 5.96. The van der Waals surface area contributed by atoms with Crippen molar-refractivity contribution >= 4 is 5.91 Å². The number of aryl methyl sites for hydroxylation is 1. The first kappa shape index (κ1) is 17.2. The van der Waals surface area contributed by atoms with E-state index in [1.54, 1.807) is 26.0 Å². The number of hydrogen-bond acceptors (Lipinski definition) is 5. The van der Waals surface area contributed by atoms with Gasteiger partial charge < -0.3 is 14.2 Å². The lowest BCUT2D eigenvalue weighted by Gasteiger charge is -2.28. The van der Waals surface area contributed by atoms with Crippen LogP contribution in [0.5, 0.6) is 5.88 Å². The zero-order valence-corrected chi connectivity index (χ0v) is 13.7. The van der Waals surface area contributed by atoms with Gasteiger partial charge in [0, 0.05) is 18.8 Å². The molecule has 0 fully saturated rings. The zero-order chi connectivity index (χ0) is 18.2. The van der Waals surface area contributed by atoms with Crippen LogP contribution in [0.1, 0.15) is 34.6 Å². The average molecular weight is 355 g/mol. The average Bonchev–Trinajstić information content (AvgIpc) is 2.98. The monoisotopic (exact) mass is 355 g/mol. The Kier molecular flexibility index (Phi) is 4.36. The smallest absolute Gasteiger partial charge is 0.451 e. The fraction of sp³-hybridized carbons (Fsp3) is 0.467. The molecular formula is C15H16F3N5O2. The molecule has 0 radical (unpaired) electrons. The first-order chi connectivity index (χ1) is 11.8. The summed E-state index contributed by atoms with van der Waals surface area (Å²) in [6.07, 6.45) is -4.57. The number of fused-ring (bicyclic) bond motifs is 1. The van der Waals surface area contributed by atoms with Gasteiger partial charge in [0.1, 0.15) is 5.56 Å². The Labute approximate surface area is 141 Å². The molecule has 2 aromatic heterocycles. The van der Waals surface area contributed by atoms with E-state index in [1.807, 2.05) is 0 Å². The molecule has 10 heteroatoms. The van der Waals surface area contributed by atoms with Crippen LogP contribution in [0.3, 0.4) is 0 Å². The number of pyridine rings is 1. The minimum atomic E-state index is -4.57. The van der Waals surface area contributed by atoms with Gasteiger partial charge in [0.2, 0.25) is 11.7 Å². The fourth-order valence-corrected chi connectivity index (χ4v) is 2.65. The van der Waals surface area contributed by atoms with Crippen molar-refractivity contribution in [3.8, 4) is 5.88 Å². The molecule has 1 amide bonds. The molecule has 7 nitrogen and oxygen atoms in total. The molecule has 0 aliphatic carbocycles. The summed E-state index contributed by atoms with van der Waals surface area (Å²) in [6.45, 7) is 3.94. The number of carbonyl (C=O) groups is 1. The molecule has 0 saturated carbocycles. The summed E-state index contributed by atoms with van der Waals surface area (Å²) in [6, 6.07) is 3.29. The summed E-state index contributed by atoms with van der Waals surface area (Å²) < 4.78 is 45.0. The lowest BCUT2D eigenvalue weighted by atomic mass is 10.2. The van der Waals surface area contributed by atoms with Gasteiger partial charge in [-0.2, -0.15) is 13.2 Å². The molecule has 2 aromatic rings. The predicted octanol–water partition coefficient (Wildman–Crippen LogP) is 2.06. The van der Waals surface area contributed by atoms with Crippen molar-refractivity contribution in [3.63, 3.8) is 0 Å². The quantitative estimate of drug-likeness (QED) is 0.843. The second-order valence-electron chi connectivity index (χ2n) is 5.55. The predicted molar refractivity (Wildman–Crippen MR) is 79.9 cm³/mol. The van der Waals surface area contributed by atoms with Crippen LogP contribution >= 0.6 is 0 Å². The van der Waals surface area contributed by atoms with Gasteiger partial charge in [-0.1, -0.05) is 0 Å². The largest absolute Gasteiger partial charge is 0.477 e. The number of ether oxygens (including phenoxy) is 1. The van der Waals surface area contributed by atoms with E-state index in [2.05, 4.69) is 15.2 Å². The third-order valence-electron chi connectivity index (χ3n) is 3.80.